The highest BCUT2D eigenvalue weighted by atomic mass is 19.1. The van der Waals surface area contributed by atoms with Gasteiger partial charge in [0.25, 0.3) is 0 Å². The topological polar surface area (TPSA) is 73.0 Å². The lowest BCUT2D eigenvalue weighted by Gasteiger charge is -2.24. The molecule has 1 aromatic carbocycles. The van der Waals surface area contributed by atoms with Crippen LogP contribution >= 0.6 is 0 Å². The summed E-state index contributed by atoms with van der Waals surface area (Å²) in [5, 5.41) is 11.3. The van der Waals surface area contributed by atoms with Crippen molar-refractivity contribution in [3.63, 3.8) is 0 Å². The summed E-state index contributed by atoms with van der Waals surface area (Å²) in [4.78, 5) is 12.5. The smallest absolute Gasteiger partial charge is 0.220 e. The number of aryl methyl sites for hydroxylation is 2. The van der Waals surface area contributed by atoms with Crippen molar-refractivity contribution in [3.8, 4) is 5.69 Å². The molecule has 6 nitrogen and oxygen atoms in total. The van der Waals surface area contributed by atoms with E-state index in [2.05, 4.69) is 15.6 Å². The van der Waals surface area contributed by atoms with Crippen LogP contribution < -0.4 is 5.32 Å². The van der Waals surface area contributed by atoms with E-state index in [9.17, 15) is 13.6 Å². The lowest BCUT2D eigenvalue weighted by Crippen LogP contribution is -2.31. The summed E-state index contributed by atoms with van der Waals surface area (Å²) in [5.74, 6) is -0.626. The summed E-state index contributed by atoms with van der Waals surface area (Å²) in [6.45, 7) is 3.70. The average Bonchev–Trinajstić information content (AvgIpc) is 3.24. The van der Waals surface area contributed by atoms with Gasteiger partial charge in [-0.25, -0.2) is 13.5 Å². The van der Waals surface area contributed by atoms with Gasteiger partial charge in [-0.3, -0.25) is 4.79 Å². The van der Waals surface area contributed by atoms with E-state index in [-0.39, 0.29) is 17.6 Å². The van der Waals surface area contributed by atoms with Crippen LogP contribution in [-0.2, 0) is 17.6 Å². The highest BCUT2D eigenvalue weighted by Crippen LogP contribution is 2.31. The van der Waals surface area contributed by atoms with E-state index in [0.717, 1.165) is 53.6 Å². The van der Waals surface area contributed by atoms with E-state index < -0.39 is 11.6 Å². The Balaban J connectivity index is 1.49. The number of aromatic nitrogens is 3. The second-order valence-corrected chi connectivity index (χ2v) is 7.37. The number of carbonyl (C=O) groups excluding carboxylic acids is 1. The van der Waals surface area contributed by atoms with Gasteiger partial charge in [-0.05, 0) is 51.7 Å². The predicted molar refractivity (Wildman–Crippen MR) is 102 cm³/mol. The van der Waals surface area contributed by atoms with E-state index in [1.54, 1.807) is 6.20 Å². The standard InChI is InChI=1S/C21H22F2N4O2/c1-12-15(13(2)29-26-12)7-9-21(28)25-18-4-3-5-19-16(18)11-24-27(19)20-8-6-14(22)10-17(20)23/h6,8,10-11,18H,3-5,7,9H2,1-2H3,(H,25,28). The second kappa shape index (κ2) is 7.77. The third-order valence-electron chi connectivity index (χ3n) is 5.44. The van der Waals surface area contributed by atoms with Crippen LogP contribution in [0.1, 0.15) is 53.6 Å². The largest absolute Gasteiger partial charge is 0.361 e. The van der Waals surface area contributed by atoms with Crippen LogP contribution in [0.25, 0.3) is 5.69 Å². The predicted octanol–water partition coefficient (Wildman–Crippen LogP) is 3.88. The molecule has 1 N–H and O–H groups in total. The number of benzene rings is 1. The van der Waals surface area contributed by atoms with E-state index in [4.69, 9.17) is 4.52 Å². The molecule has 2 aromatic heterocycles. The fourth-order valence-electron chi connectivity index (χ4n) is 3.93. The Hall–Kier alpha value is -3.03. The minimum atomic E-state index is -0.665. The van der Waals surface area contributed by atoms with Gasteiger partial charge in [-0.15, -0.1) is 0 Å². The van der Waals surface area contributed by atoms with Crippen LogP contribution in [0, 0.1) is 25.5 Å². The number of rotatable bonds is 5. The number of nitrogens with one attached hydrogen (secondary N) is 1. The fraction of sp³-hybridized carbons (Fsp3) is 0.381. The van der Waals surface area contributed by atoms with Gasteiger partial charge in [0.15, 0.2) is 5.82 Å². The van der Waals surface area contributed by atoms with Gasteiger partial charge in [0.1, 0.15) is 17.3 Å². The van der Waals surface area contributed by atoms with E-state index >= 15 is 0 Å². The molecule has 29 heavy (non-hydrogen) atoms. The van der Waals surface area contributed by atoms with E-state index in [0.29, 0.717) is 12.8 Å². The SMILES string of the molecule is Cc1noc(C)c1CCC(=O)NC1CCCc2c1cnn2-c1ccc(F)cc1F. The average molecular weight is 400 g/mol. The molecule has 4 rings (SSSR count). The van der Waals surface area contributed by atoms with Crippen LogP contribution in [0.4, 0.5) is 8.78 Å². The lowest BCUT2D eigenvalue weighted by atomic mass is 9.92. The summed E-state index contributed by atoms with van der Waals surface area (Å²) in [7, 11) is 0. The van der Waals surface area contributed by atoms with Crippen LogP contribution in [-0.4, -0.2) is 20.8 Å². The van der Waals surface area contributed by atoms with Crippen LogP contribution in [0.3, 0.4) is 0 Å². The summed E-state index contributed by atoms with van der Waals surface area (Å²) in [5.41, 5.74) is 3.70. The maximum Gasteiger partial charge on any atom is 0.220 e. The number of hydrogen-bond donors (Lipinski definition) is 1. The van der Waals surface area contributed by atoms with Crippen molar-refractivity contribution in [2.75, 3.05) is 0 Å². The molecule has 0 bridgehead atoms. The zero-order valence-electron chi connectivity index (χ0n) is 16.3. The van der Waals surface area contributed by atoms with Crippen molar-refractivity contribution in [2.45, 2.75) is 52.0 Å². The van der Waals surface area contributed by atoms with Gasteiger partial charge in [-0.2, -0.15) is 5.10 Å². The summed E-state index contributed by atoms with van der Waals surface area (Å²) in [6.07, 6.45) is 4.91. The Morgan fingerprint density at radius 3 is 2.90 bits per heavy atom. The number of amides is 1. The van der Waals surface area contributed by atoms with Crippen LogP contribution in [0.5, 0.6) is 0 Å². The van der Waals surface area contributed by atoms with Crippen molar-refractivity contribution >= 4 is 5.91 Å². The Bertz CT molecular complexity index is 1040. The zero-order chi connectivity index (χ0) is 20.5. The molecule has 0 saturated carbocycles. The van der Waals surface area contributed by atoms with Gasteiger partial charge in [-0.1, -0.05) is 5.16 Å². The molecule has 3 aromatic rings. The number of hydrogen-bond acceptors (Lipinski definition) is 4. The van der Waals surface area contributed by atoms with Gasteiger partial charge in [0.05, 0.1) is 17.9 Å². The van der Waals surface area contributed by atoms with Crippen molar-refractivity contribution in [3.05, 3.63) is 64.3 Å². The number of carbonyl (C=O) groups is 1. The molecule has 152 valence electrons. The van der Waals surface area contributed by atoms with Gasteiger partial charge < -0.3 is 9.84 Å². The molecule has 0 fully saturated rings. The zero-order valence-corrected chi connectivity index (χ0v) is 16.3. The molecule has 1 amide bonds. The highest BCUT2D eigenvalue weighted by molar-refractivity contribution is 5.76. The summed E-state index contributed by atoms with van der Waals surface area (Å²) in [6, 6.07) is 3.26. The van der Waals surface area contributed by atoms with Crippen molar-refractivity contribution in [1.29, 1.82) is 0 Å². The first-order chi connectivity index (χ1) is 13.9. The molecule has 8 heteroatoms. The molecule has 1 unspecified atom stereocenters. The lowest BCUT2D eigenvalue weighted by molar-refractivity contribution is -0.121. The van der Waals surface area contributed by atoms with E-state index in [1.165, 1.54) is 16.8 Å². The molecule has 0 radical (unpaired) electrons. The Morgan fingerprint density at radius 2 is 2.17 bits per heavy atom. The first-order valence-corrected chi connectivity index (χ1v) is 9.67. The van der Waals surface area contributed by atoms with Crippen LogP contribution in [0.2, 0.25) is 0 Å². The highest BCUT2D eigenvalue weighted by Gasteiger charge is 2.27. The molecule has 1 aliphatic carbocycles. The van der Waals surface area contributed by atoms with Crippen molar-refractivity contribution in [2.24, 2.45) is 0 Å². The molecule has 0 aliphatic heterocycles. The minimum Gasteiger partial charge on any atom is -0.361 e. The van der Waals surface area contributed by atoms with Gasteiger partial charge in [0, 0.05) is 29.3 Å². The number of nitrogens with zero attached hydrogens (tertiary/aromatic N) is 3. The summed E-state index contributed by atoms with van der Waals surface area (Å²) < 4.78 is 34.1. The first kappa shape index (κ1) is 19.3. The molecule has 0 spiro atoms. The Kier molecular flexibility index (Phi) is 5.17. The van der Waals surface area contributed by atoms with Crippen molar-refractivity contribution in [1.82, 2.24) is 20.3 Å². The minimum absolute atomic E-state index is 0.0661. The molecule has 2 heterocycles. The molecular weight excluding hydrogens is 378 g/mol. The number of halogens is 2. The quantitative estimate of drug-likeness (QED) is 0.705. The monoisotopic (exact) mass is 400 g/mol. The number of fused-ring (bicyclic) bond motifs is 1. The van der Waals surface area contributed by atoms with E-state index in [1.807, 2.05) is 13.8 Å². The first-order valence-electron chi connectivity index (χ1n) is 9.67. The molecular formula is C21H22F2N4O2. The molecule has 1 aliphatic rings. The second-order valence-electron chi connectivity index (χ2n) is 7.37. The van der Waals surface area contributed by atoms with Crippen LogP contribution in [0.15, 0.2) is 28.9 Å². The van der Waals surface area contributed by atoms with Crippen molar-refractivity contribution < 1.29 is 18.1 Å². The molecule has 0 saturated heterocycles. The third kappa shape index (κ3) is 3.79. The van der Waals surface area contributed by atoms with Gasteiger partial charge >= 0.3 is 0 Å². The fourth-order valence-corrected chi connectivity index (χ4v) is 3.93. The summed E-state index contributed by atoms with van der Waals surface area (Å²) >= 11 is 0. The molecule has 1 atom stereocenters. The van der Waals surface area contributed by atoms with Gasteiger partial charge in [0.2, 0.25) is 5.91 Å². The Labute approximate surface area is 166 Å². The maximum atomic E-state index is 14.2. The third-order valence-corrected chi connectivity index (χ3v) is 5.44. The normalized spacial score (nSPS) is 15.9. The maximum absolute atomic E-state index is 14.2. The Morgan fingerprint density at radius 1 is 1.34 bits per heavy atom.